The Balaban J connectivity index is 2.18. The third-order valence-corrected chi connectivity index (χ3v) is 4.06. The lowest BCUT2D eigenvalue weighted by molar-refractivity contribution is -0.135. The Hall–Kier alpha value is -2.18. The number of benzene rings is 2. The van der Waals surface area contributed by atoms with Gasteiger partial charge < -0.3 is 10.6 Å². The maximum absolute atomic E-state index is 13.7. The number of carbonyl (C=O) groups excluding carboxylic acids is 2. The van der Waals surface area contributed by atoms with Gasteiger partial charge in [0.25, 0.3) is 0 Å². The summed E-state index contributed by atoms with van der Waals surface area (Å²) in [6, 6.07) is 7.59. The maximum atomic E-state index is 13.7. The van der Waals surface area contributed by atoms with Gasteiger partial charge in [0.05, 0.1) is 10.7 Å². The van der Waals surface area contributed by atoms with Crippen molar-refractivity contribution in [2.24, 2.45) is 5.41 Å². The zero-order chi connectivity index (χ0) is 18.8. The van der Waals surface area contributed by atoms with Crippen LogP contribution in [0.15, 0.2) is 36.4 Å². The topological polar surface area (TPSA) is 58.2 Å². The zero-order valence-electron chi connectivity index (χ0n) is 13.3. The third-order valence-electron chi connectivity index (χ3n) is 3.52. The molecule has 4 nitrogen and oxygen atoms in total. The Labute approximate surface area is 153 Å². The summed E-state index contributed by atoms with van der Waals surface area (Å²) in [6.45, 7) is 2.64. The number of carbonyl (C=O) groups is 2. The van der Waals surface area contributed by atoms with Crippen LogP contribution in [0, 0.1) is 17.0 Å². The predicted molar refractivity (Wildman–Crippen MR) is 93.9 cm³/mol. The molecule has 0 saturated carbocycles. The fourth-order valence-corrected chi connectivity index (χ4v) is 2.32. The van der Waals surface area contributed by atoms with Gasteiger partial charge in [-0.05, 0) is 44.2 Å². The molecule has 2 amide bonds. The van der Waals surface area contributed by atoms with Crippen LogP contribution in [0.5, 0.6) is 0 Å². The van der Waals surface area contributed by atoms with Gasteiger partial charge in [0.1, 0.15) is 22.7 Å². The highest BCUT2D eigenvalue weighted by Gasteiger charge is 2.37. The number of hydrogen-bond acceptors (Lipinski definition) is 2. The Morgan fingerprint density at radius 3 is 2.08 bits per heavy atom. The minimum Gasteiger partial charge on any atom is -0.324 e. The molecular formula is C17H14Cl2F2N2O2. The molecule has 0 aromatic heterocycles. The summed E-state index contributed by atoms with van der Waals surface area (Å²) in [6.07, 6.45) is 0. The fourth-order valence-electron chi connectivity index (χ4n) is 1.86. The molecule has 0 atom stereocenters. The van der Waals surface area contributed by atoms with Crippen LogP contribution in [0.1, 0.15) is 13.8 Å². The molecule has 2 rings (SSSR count). The van der Waals surface area contributed by atoms with Crippen LogP contribution >= 0.6 is 23.2 Å². The van der Waals surface area contributed by atoms with Crippen molar-refractivity contribution in [3.8, 4) is 0 Å². The highest BCUT2D eigenvalue weighted by molar-refractivity contribution is 6.36. The molecule has 0 aliphatic carbocycles. The van der Waals surface area contributed by atoms with E-state index in [0.29, 0.717) is 5.02 Å². The molecule has 2 aromatic carbocycles. The van der Waals surface area contributed by atoms with Crippen LogP contribution in [-0.4, -0.2) is 11.8 Å². The van der Waals surface area contributed by atoms with Crippen LogP contribution in [0.4, 0.5) is 20.2 Å². The van der Waals surface area contributed by atoms with Gasteiger partial charge in [-0.25, -0.2) is 8.78 Å². The smallest absolute Gasteiger partial charge is 0.239 e. The van der Waals surface area contributed by atoms with Crippen molar-refractivity contribution in [1.82, 2.24) is 0 Å². The number of rotatable bonds is 4. The van der Waals surface area contributed by atoms with Gasteiger partial charge in [0.15, 0.2) is 0 Å². The summed E-state index contributed by atoms with van der Waals surface area (Å²) in [5.74, 6) is -3.46. The summed E-state index contributed by atoms with van der Waals surface area (Å²) in [5.41, 5.74) is -1.98. The standard InChI is InChI=1S/C17H14Cl2F2N2O2/c1-17(2,15(24)22-13-7-6-9(18)8-10(13)19)16(25)23-14-11(20)4-3-5-12(14)21/h3-8H,1-2H3,(H,22,24)(H,23,25). The molecule has 0 aliphatic rings. The zero-order valence-corrected chi connectivity index (χ0v) is 14.8. The molecule has 2 N–H and O–H groups in total. The number of para-hydroxylation sites is 1. The molecule has 132 valence electrons. The largest absolute Gasteiger partial charge is 0.324 e. The van der Waals surface area contributed by atoms with E-state index >= 15 is 0 Å². The fraction of sp³-hybridized carbons (Fsp3) is 0.176. The second kappa shape index (κ2) is 7.37. The van der Waals surface area contributed by atoms with E-state index in [2.05, 4.69) is 10.6 Å². The lowest BCUT2D eigenvalue weighted by Crippen LogP contribution is -2.42. The normalized spacial score (nSPS) is 11.1. The van der Waals surface area contributed by atoms with Crippen molar-refractivity contribution < 1.29 is 18.4 Å². The molecule has 0 bridgehead atoms. The van der Waals surface area contributed by atoms with E-state index in [1.807, 2.05) is 0 Å². The molecular weight excluding hydrogens is 373 g/mol. The molecule has 0 radical (unpaired) electrons. The second-order valence-electron chi connectivity index (χ2n) is 5.75. The van der Waals surface area contributed by atoms with E-state index < -0.39 is 34.6 Å². The van der Waals surface area contributed by atoms with Crippen molar-refractivity contribution >= 4 is 46.4 Å². The number of halogens is 4. The molecule has 0 fully saturated rings. The minimum atomic E-state index is -1.63. The van der Waals surface area contributed by atoms with Gasteiger partial charge in [-0.1, -0.05) is 29.3 Å². The van der Waals surface area contributed by atoms with Crippen LogP contribution in [0.25, 0.3) is 0 Å². The van der Waals surface area contributed by atoms with Crippen LogP contribution in [0.2, 0.25) is 10.0 Å². The predicted octanol–water partition coefficient (Wildman–Crippen LogP) is 4.88. The monoisotopic (exact) mass is 386 g/mol. The molecule has 25 heavy (non-hydrogen) atoms. The number of nitrogens with one attached hydrogen (secondary N) is 2. The highest BCUT2D eigenvalue weighted by Crippen LogP contribution is 2.28. The lowest BCUT2D eigenvalue weighted by atomic mass is 9.90. The van der Waals surface area contributed by atoms with Crippen LogP contribution < -0.4 is 10.6 Å². The summed E-state index contributed by atoms with van der Waals surface area (Å²) in [7, 11) is 0. The molecule has 0 unspecified atom stereocenters. The first kappa shape index (κ1) is 19.1. The average Bonchev–Trinajstić information content (AvgIpc) is 2.53. The maximum Gasteiger partial charge on any atom is 0.239 e. The van der Waals surface area contributed by atoms with E-state index in [0.717, 1.165) is 12.1 Å². The summed E-state index contributed by atoms with van der Waals surface area (Å²) in [4.78, 5) is 24.8. The molecule has 0 heterocycles. The van der Waals surface area contributed by atoms with E-state index in [1.54, 1.807) is 0 Å². The van der Waals surface area contributed by atoms with Crippen LogP contribution in [-0.2, 0) is 9.59 Å². The van der Waals surface area contributed by atoms with Crippen molar-refractivity contribution in [3.63, 3.8) is 0 Å². The SMILES string of the molecule is CC(C)(C(=O)Nc1ccc(Cl)cc1Cl)C(=O)Nc1c(F)cccc1F. The van der Waals surface area contributed by atoms with Gasteiger partial charge in [0, 0.05) is 5.02 Å². The van der Waals surface area contributed by atoms with Crippen molar-refractivity contribution in [3.05, 3.63) is 58.1 Å². The molecule has 0 aliphatic heterocycles. The summed E-state index contributed by atoms with van der Waals surface area (Å²) in [5, 5.41) is 5.18. The van der Waals surface area contributed by atoms with Gasteiger partial charge >= 0.3 is 0 Å². The van der Waals surface area contributed by atoms with Crippen molar-refractivity contribution in [2.75, 3.05) is 10.6 Å². The van der Waals surface area contributed by atoms with Crippen LogP contribution in [0.3, 0.4) is 0 Å². The average molecular weight is 387 g/mol. The Kier molecular flexibility index (Phi) is 5.65. The van der Waals surface area contributed by atoms with Crippen molar-refractivity contribution in [1.29, 1.82) is 0 Å². The Bertz CT molecular complexity index is 821. The molecule has 0 spiro atoms. The minimum absolute atomic E-state index is 0.192. The van der Waals surface area contributed by atoms with E-state index in [4.69, 9.17) is 23.2 Å². The third kappa shape index (κ3) is 4.27. The van der Waals surface area contributed by atoms with Gasteiger partial charge in [-0.3, -0.25) is 9.59 Å². The quantitative estimate of drug-likeness (QED) is 0.735. The van der Waals surface area contributed by atoms with Crippen molar-refractivity contribution in [2.45, 2.75) is 13.8 Å². The van der Waals surface area contributed by atoms with Gasteiger partial charge in [-0.15, -0.1) is 0 Å². The first-order chi connectivity index (χ1) is 11.6. The first-order valence-corrected chi connectivity index (χ1v) is 7.90. The lowest BCUT2D eigenvalue weighted by Gasteiger charge is -2.23. The first-order valence-electron chi connectivity index (χ1n) is 7.15. The number of hydrogen-bond donors (Lipinski definition) is 2. The van der Waals surface area contributed by atoms with Gasteiger partial charge in [0.2, 0.25) is 11.8 Å². The Morgan fingerprint density at radius 1 is 0.960 bits per heavy atom. The van der Waals surface area contributed by atoms with E-state index in [-0.39, 0.29) is 10.7 Å². The summed E-state index contributed by atoms with van der Waals surface area (Å²) < 4.78 is 27.3. The summed E-state index contributed by atoms with van der Waals surface area (Å²) >= 11 is 11.8. The second-order valence-corrected chi connectivity index (χ2v) is 6.60. The number of amides is 2. The number of anilines is 2. The van der Waals surface area contributed by atoms with E-state index in [1.165, 1.54) is 38.1 Å². The highest BCUT2D eigenvalue weighted by atomic mass is 35.5. The molecule has 0 saturated heterocycles. The Morgan fingerprint density at radius 2 is 1.52 bits per heavy atom. The van der Waals surface area contributed by atoms with Gasteiger partial charge in [-0.2, -0.15) is 0 Å². The molecule has 8 heteroatoms. The van der Waals surface area contributed by atoms with E-state index in [9.17, 15) is 18.4 Å². The molecule has 2 aromatic rings.